The van der Waals surface area contributed by atoms with Gasteiger partial charge in [-0.1, -0.05) is 11.6 Å². The number of carbonyl (C=O) groups is 2. The number of urea groups is 1. The summed E-state index contributed by atoms with van der Waals surface area (Å²) in [6, 6.07) is 4.10. The number of ether oxygens (including phenoxy) is 2. The molecule has 2 atom stereocenters. The van der Waals surface area contributed by atoms with Crippen molar-refractivity contribution in [2.24, 2.45) is 0 Å². The van der Waals surface area contributed by atoms with Crippen molar-refractivity contribution in [3.63, 3.8) is 0 Å². The fraction of sp³-hybridized carbons (Fsp3) is 0.529. The number of carboxylic acid groups (broad SMARTS) is 1. The Morgan fingerprint density at radius 1 is 1.42 bits per heavy atom. The van der Waals surface area contributed by atoms with Gasteiger partial charge in [0.05, 0.1) is 18.3 Å². The Hall–Kier alpha value is -2.03. The van der Waals surface area contributed by atoms with Gasteiger partial charge in [-0.25, -0.2) is 9.59 Å². The zero-order valence-electron chi connectivity index (χ0n) is 14.5. The highest BCUT2D eigenvalue weighted by Gasteiger charge is 2.30. The Morgan fingerprint density at radius 2 is 2.19 bits per heavy atom. The van der Waals surface area contributed by atoms with E-state index < -0.39 is 24.1 Å². The van der Waals surface area contributed by atoms with E-state index in [9.17, 15) is 14.7 Å². The van der Waals surface area contributed by atoms with Crippen LogP contribution in [0.3, 0.4) is 0 Å². The first-order valence-corrected chi connectivity index (χ1v) is 8.70. The first-order valence-electron chi connectivity index (χ1n) is 8.32. The number of aliphatic carboxylic acids is 1. The molecule has 0 aliphatic carbocycles. The molecule has 2 rings (SSSR count). The Morgan fingerprint density at radius 3 is 2.85 bits per heavy atom. The van der Waals surface area contributed by atoms with E-state index in [0.717, 1.165) is 26.2 Å². The zero-order chi connectivity index (χ0) is 19.2. The van der Waals surface area contributed by atoms with Crippen LogP contribution in [0.15, 0.2) is 18.2 Å². The van der Waals surface area contributed by atoms with E-state index in [-0.39, 0.29) is 6.10 Å². The van der Waals surface area contributed by atoms with E-state index in [0.29, 0.717) is 29.7 Å². The van der Waals surface area contributed by atoms with Crippen LogP contribution < -0.4 is 15.4 Å². The molecule has 2 unspecified atom stereocenters. The Bertz CT molecular complexity index is 646. The van der Waals surface area contributed by atoms with Crippen LogP contribution in [-0.4, -0.2) is 53.7 Å². The van der Waals surface area contributed by atoms with Gasteiger partial charge in [0.1, 0.15) is 12.4 Å². The van der Waals surface area contributed by atoms with E-state index in [1.54, 1.807) is 12.1 Å². The molecule has 1 aromatic rings. The van der Waals surface area contributed by atoms with E-state index >= 15 is 0 Å². The lowest BCUT2D eigenvalue weighted by molar-refractivity contribution is -0.155. The molecule has 1 aliphatic rings. The van der Waals surface area contributed by atoms with Crippen LogP contribution in [0.4, 0.5) is 10.5 Å². The summed E-state index contributed by atoms with van der Waals surface area (Å²) in [7, 11) is 0. The molecule has 144 valence electrons. The van der Waals surface area contributed by atoms with Crippen LogP contribution in [0.25, 0.3) is 0 Å². The molecule has 1 aliphatic heterocycles. The van der Waals surface area contributed by atoms with Crippen molar-refractivity contribution in [3.8, 4) is 5.75 Å². The van der Waals surface area contributed by atoms with Gasteiger partial charge >= 0.3 is 12.0 Å². The molecule has 8 nitrogen and oxygen atoms in total. The number of hydrogen-bond donors (Lipinski definition) is 4. The van der Waals surface area contributed by atoms with Crippen molar-refractivity contribution in [3.05, 3.63) is 23.2 Å². The maximum Gasteiger partial charge on any atom is 0.337 e. The standard InChI is InChI=1S/C17H23ClN2O6/c1-17(24,15(21)22)10-19-16(23)20-13-8-11(18)5-6-14(13)26-9-12-4-2-3-7-25-12/h5-6,8,12,24H,2-4,7,9-10H2,1H3,(H,21,22)(H2,19,20,23). The Kier molecular flexibility index (Phi) is 7.07. The topological polar surface area (TPSA) is 117 Å². The van der Waals surface area contributed by atoms with Gasteiger partial charge in [0.15, 0.2) is 5.60 Å². The van der Waals surface area contributed by atoms with Crippen LogP contribution in [0, 0.1) is 0 Å². The van der Waals surface area contributed by atoms with Crippen LogP contribution in [0.5, 0.6) is 5.75 Å². The summed E-state index contributed by atoms with van der Waals surface area (Å²) in [6.07, 6.45) is 3.06. The molecular weight excluding hydrogens is 364 g/mol. The molecular formula is C17H23ClN2O6. The van der Waals surface area contributed by atoms with Crippen molar-refractivity contribution in [1.82, 2.24) is 5.32 Å². The average Bonchev–Trinajstić information content (AvgIpc) is 2.60. The monoisotopic (exact) mass is 386 g/mol. The molecule has 1 heterocycles. The lowest BCUT2D eigenvalue weighted by atomic mass is 10.1. The minimum absolute atomic E-state index is 0.00627. The van der Waals surface area contributed by atoms with Crippen LogP contribution in [-0.2, 0) is 9.53 Å². The Balaban J connectivity index is 1.95. The average molecular weight is 387 g/mol. The van der Waals surface area contributed by atoms with Gasteiger partial charge in [-0.05, 0) is 44.4 Å². The largest absolute Gasteiger partial charge is 0.489 e. The van der Waals surface area contributed by atoms with Crippen LogP contribution in [0.1, 0.15) is 26.2 Å². The minimum Gasteiger partial charge on any atom is -0.489 e. The second kappa shape index (κ2) is 9.07. The maximum absolute atomic E-state index is 12.0. The molecule has 9 heteroatoms. The summed E-state index contributed by atoms with van der Waals surface area (Å²) in [5, 5.41) is 23.7. The fourth-order valence-electron chi connectivity index (χ4n) is 2.34. The van der Waals surface area contributed by atoms with Crippen molar-refractivity contribution in [2.75, 3.05) is 25.1 Å². The highest BCUT2D eigenvalue weighted by atomic mass is 35.5. The molecule has 0 radical (unpaired) electrons. The predicted molar refractivity (Wildman–Crippen MR) is 95.8 cm³/mol. The van der Waals surface area contributed by atoms with Gasteiger partial charge in [-0.3, -0.25) is 0 Å². The number of carbonyl (C=O) groups excluding carboxylic acids is 1. The van der Waals surface area contributed by atoms with E-state index in [2.05, 4.69) is 10.6 Å². The summed E-state index contributed by atoms with van der Waals surface area (Å²) in [4.78, 5) is 22.9. The number of anilines is 1. The summed E-state index contributed by atoms with van der Waals surface area (Å²) >= 11 is 5.97. The first kappa shape index (κ1) is 20.3. The third-order valence-corrected chi connectivity index (χ3v) is 4.18. The van der Waals surface area contributed by atoms with E-state index in [1.165, 1.54) is 6.07 Å². The summed E-state index contributed by atoms with van der Waals surface area (Å²) in [5.74, 6) is -1.01. The molecule has 4 N–H and O–H groups in total. The third kappa shape index (κ3) is 6.05. The van der Waals surface area contributed by atoms with Gasteiger partial charge in [-0.2, -0.15) is 0 Å². The van der Waals surface area contributed by atoms with Crippen molar-refractivity contribution in [2.45, 2.75) is 37.9 Å². The molecule has 1 aromatic carbocycles. The molecule has 0 aromatic heterocycles. The van der Waals surface area contributed by atoms with Gasteiger partial charge in [0.25, 0.3) is 0 Å². The molecule has 26 heavy (non-hydrogen) atoms. The quantitative estimate of drug-likeness (QED) is 0.571. The highest BCUT2D eigenvalue weighted by Crippen LogP contribution is 2.28. The van der Waals surface area contributed by atoms with Crippen molar-refractivity contribution >= 4 is 29.3 Å². The molecule has 2 amide bonds. The van der Waals surface area contributed by atoms with Gasteiger partial charge in [0, 0.05) is 11.6 Å². The SMILES string of the molecule is CC(O)(CNC(=O)Nc1cc(Cl)ccc1OCC1CCCCO1)C(=O)O. The number of carboxylic acids is 1. The molecule has 0 bridgehead atoms. The van der Waals surface area contributed by atoms with E-state index in [1.807, 2.05) is 0 Å². The molecule has 0 saturated carbocycles. The smallest absolute Gasteiger partial charge is 0.337 e. The second-order valence-corrected chi connectivity index (χ2v) is 6.76. The van der Waals surface area contributed by atoms with Crippen molar-refractivity contribution < 1.29 is 29.3 Å². The third-order valence-electron chi connectivity index (χ3n) is 3.94. The lowest BCUT2D eigenvalue weighted by Crippen LogP contribution is -2.47. The normalized spacial score (nSPS) is 19.3. The Labute approximate surface area is 156 Å². The molecule has 1 saturated heterocycles. The summed E-state index contributed by atoms with van der Waals surface area (Å²) in [5.41, 5.74) is -1.73. The lowest BCUT2D eigenvalue weighted by Gasteiger charge is -2.23. The van der Waals surface area contributed by atoms with Gasteiger partial charge in [-0.15, -0.1) is 0 Å². The summed E-state index contributed by atoms with van der Waals surface area (Å²) in [6.45, 7) is 1.70. The minimum atomic E-state index is -2.07. The van der Waals surface area contributed by atoms with Gasteiger partial charge < -0.3 is 30.3 Å². The highest BCUT2D eigenvalue weighted by molar-refractivity contribution is 6.31. The number of amides is 2. The van der Waals surface area contributed by atoms with Crippen molar-refractivity contribution in [1.29, 1.82) is 0 Å². The predicted octanol–water partition coefficient (Wildman–Crippen LogP) is 2.25. The fourth-order valence-corrected chi connectivity index (χ4v) is 2.51. The van der Waals surface area contributed by atoms with Gasteiger partial charge in [0.2, 0.25) is 0 Å². The number of nitrogens with one attached hydrogen (secondary N) is 2. The van der Waals surface area contributed by atoms with Crippen LogP contribution in [0.2, 0.25) is 5.02 Å². The molecule has 0 spiro atoms. The summed E-state index contributed by atoms with van der Waals surface area (Å²) < 4.78 is 11.4. The first-order chi connectivity index (χ1) is 12.3. The number of rotatable bonds is 7. The second-order valence-electron chi connectivity index (χ2n) is 6.33. The number of hydrogen-bond acceptors (Lipinski definition) is 5. The van der Waals surface area contributed by atoms with E-state index in [4.69, 9.17) is 26.2 Å². The molecule has 1 fully saturated rings. The number of aliphatic hydroxyl groups is 1. The zero-order valence-corrected chi connectivity index (χ0v) is 15.2. The van der Waals surface area contributed by atoms with Crippen LogP contribution >= 0.6 is 11.6 Å². The number of halogens is 1. The maximum atomic E-state index is 12.0. The number of benzene rings is 1.